The molecule has 1 fully saturated rings. The Labute approximate surface area is 231 Å². The molecule has 0 aromatic heterocycles. The summed E-state index contributed by atoms with van der Waals surface area (Å²) in [6.45, 7) is 15.0. The van der Waals surface area contributed by atoms with Gasteiger partial charge >= 0.3 is 0 Å². The number of allylic oxidation sites excluding steroid dienone is 5. The second-order valence-corrected chi connectivity index (χ2v) is 11.8. The number of nitrogens with zero attached hydrogens (tertiary/aromatic N) is 1. The summed E-state index contributed by atoms with van der Waals surface area (Å²) in [5.41, 5.74) is 8.49. The fourth-order valence-corrected chi connectivity index (χ4v) is 7.24. The molecule has 1 spiro atoms. The third-order valence-electron chi connectivity index (χ3n) is 9.59. The van der Waals surface area contributed by atoms with Gasteiger partial charge in [0.15, 0.2) is 0 Å². The summed E-state index contributed by atoms with van der Waals surface area (Å²) in [5, 5.41) is 2.66. The van der Waals surface area contributed by atoms with Crippen molar-refractivity contribution in [1.82, 2.24) is 0 Å². The summed E-state index contributed by atoms with van der Waals surface area (Å²) in [7, 11) is 0. The summed E-state index contributed by atoms with van der Waals surface area (Å²) in [4.78, 5) is 2.64. The molecule has 1 aliphatic carbocycles. The molecular formula is C37H45N. The van der Waals surface area contributed by atoms with Gasteiger partial charge in [-0.15, -0.1) is 0 Å². The summed E-state index contributed by atoms with van der Waals surface area (Å²) < 4.78 is 0. The fraction of sp³-hybridized carbons (Fsp3) is 0.405. The van der Waals surface area contributed by atoms with Gasteiger partial charge in [0.2, 0.25) is 0 Å². The first-order valence-corrected chi connectivity index (χ1v) is 14.9. The van der Waals surface area contributed by atoms with Crippen molar-refractivity contribution in [2.75, 3.05) is 11.4 Å². The van der Waals surface area contributed by atoms with Crippen LogP contribution in [0.1, 0.15) is 88.8 Å². The number of hydrogen-bond acceptors (Lipinski definition) is 1. The molecule has 0 radical (unpaired) electrons. The van der Waals surface area contributed by atoms with E-state index < -0.39 is 0 Å². The Hall–Kier alpha value is -3.06. The average Bonchev–Trinajstić information content (AvgIpc) is 3.19. The number of benzene rings is 3. The number of fused-ring (bicyclic) bond motifs is 3. The van der Waals surface area contributed by atoms with E-state index in [2.05, 4.69) is 118 Å². The maximum absolute atomic E-state index is 4.67. The molecule has 1 heterocycles. The van der Waals surface area contributed by atoms with Crippen LogP contribution in [0.4, 0.5) is 5.69 Å². The highest BCUT2D eigenvalue weighted by atomic mass is 15.2. The zero-order valence-electron chi connectivity index (χ0n) is 24.0. The number of para-hydroxylation sites is 1. The van der Waals surface area contributed by atoms with Gasteiger partial charge in [0.25, 0.3) is 0 Å². The van der Waals surface area contributed by atoms with Gasteiger partial charge in [-0.25, -0.2) is 0 Å². The van der Waals surface area contributed by atoms with Crippen molar-refractivity contribution in [2.24, 2.45) is 0 Å². The summed E-state index contributed by atoms with van der Waals surface area (Å²) in [5.74, 6) is 0. The highest BCUT2D eigenvalue weighted by Crippen LogP contribution is 2.55. The molecule has 1 heteroatoms. The number of hydrogen-bond donors (Lipinski definition) is 0. The van der Waals surface area contributed by atoms with Crippen LogP contribution in [0.5, 0.6) is 0 Å². The molecule has 0 N–H and O–H groups in total. The molecule has 3 aromatic rings. The molecule has 0 bridgehead atoms. The lowest BCUT2D eigenvalue weighted by Gasteiger charge is -2.37. The minimum Gasteiger partial charge on any atom is -0.344 e. The van der Waals surface area contributed by atoms with Crippen LogP contribution in [0.3, 0.4) is 0 Å². The predicted octanol–water partition coefficient (Wildman–Crippen LogP) is 10.3. The Kier molecular flexibility index (Phi) is 7.66. The van der Waals surface area contributed by atoms with Crippen molar-refractivity contribution >= 4 is 16.5 Å². The van der Waals surface area contributed by atoms with Crippen molar-refractivity contribution in [3.05, 3.63) is 113 Å². The second kappa shape index (κ2) is 11.0. The van der Waals surface area contributed by atoms with E-state index in [4.69, 9.17) is 0 Å². The maximum atomic E-state index is 4.67. The van der Waals surface area contributed by atoms with Gasteiger partial charge in [0.05, 0.1) is 0 Å². The van der Waals surface area contributed by atoms with E-state index in [9.17, 15) is 0 Å². The topological polar surface area (TPSA) is 3.24 Å². The summed E-state index contributed by atoms with van der Waals surface area (Å²) in [6, 6.07) is 22.5. The lowest BCUT2D eigenvalue weighted by Crippen LogP contribution is -2.33. The molecule has 1 atom stereocenters. The predicted molar refractivity (Wildman–Crippen MR) is 166 cm³/mol. The largest absolute Gasteiger partial charge is 0.344 e. The van der Waals surface area contributed by atoms with E-state index >= 15 is 0 Å². The molecule has 1 saturated carbocycles. The Morgan fingerprint density at radius 2 is 1.71 bits per heavy atom. The minimum absolute atomic E-state index is 0.122. The number of unbranched alkanes of at least 4 members (excludes halogenated alkanes) is 1. The maximum Gasteiger partial charge on any atom is 0.0450 e. The monoisotopic (exact) mass is 503 g/mol. The molecule has 2 aliphatic rings. The van der Waals surface area contributed by atoms with Crippen LogP contribution in [0, 0.1) is 6.92 Å². The first-order chi connectivity index (χ1) is 18.5. The zero-order chi connectivity index (χ0) is 26.8. The lowest BCUT2D eigenvalue weighted by atomic mass is 9.68. The van der Waals surface area contributed by atoms with Crippen LogP contribution in [0.25, 0.3) is 10.8 Å². The number of anilines is 1. The van der Waals surface area contributed by atoms with Crippen LogP contribution < -0.4 is 4.90 Å². The van der Waals surface area contributed by atoms with Crippen molar-refractivity contribution in [3.8, 4) is 0 Å². The Morgan fingerprint density at radius 3 is 2.47 bits per heavy atom. The van der Waals surface area contributed by atoms with Gasteiger partial charge in [-0.3, -0.25) is 0 Å². The van der Waals surface area contributed by atoms with Crippen LogP contribution in [0.15, 0.2) is 96.7 Å². The minimum atomic E-state index is -0.122. The molecular weight excluding hydrogens is 458 g/mol. The van der Waals surface area contributed by atoms with Gasteiger partial charge in [0, 0.05) is 28.8 Å². The van der Waals surface area contributed by atoms with E-state index in [0.29, 0.717) is 0 Å². The normalized spacial score (nSPS) is 19.4. The van der Waals surface area contributed by atoms with Crippen LogP contribution in [0.2, 0.25) is 0 Å². The summed E-state index contributed by atoms with van der Waals surface area (Å²) in [6.07, 6.45) is 17.0. The number of rotatable bonds is 8. The molecule has 1 unspecified atom stereocenters. The second-order valence-electron chi connectivity index (χ2n) is 11.8. The molecule has 38 heavy (non-hydrogen) atoms. The smallest absolute Gasteiger partial charge is 0.0450 e. The van der Waals surface area contributed by atoms with Gasteiger partial charge in [-0.1, -0.05) is 120 Å². The lowest BCUT2D eigenvalue weighted by molar-refractivity contribution is 0.345. The Balaban J connectivity index is 1.54. The van der Waals surface area contributed by atoms with Gasteiger partial charge in [-0.2, -0.15) is 0 Å². The van der Waals surface area contributed by atoms with Crippen molar-refractivity contribution in [2.45, 2.75) is 89.9 Å². The molecule has 1 aliphatic heterocycles. The molecule has 5 rings (SSSR count). The van der Waals surface area contributed by atoms with Crippen molar-refractivity contribution < 1.29 is 0 Å². The van der Waals surface area contributed by atoms with E-state index in [1.165, 1.54) is 83.8 Å². The molecule has 0 amide bonds. The highest BCUT2D eigenvalue weighted by Gasteiger charge is 2.46. The third kappa shape index (κ3) is 4.45. The fourth-order valence-electron chi connectivity index (χ4n) is 7.24. The first-order valence-electron chi connectivity index (χ1n) is 14.9. The van der Waals surface area contributed by atoms with Crippen LogP contribution in [-0.2, 0) is 10.8 Å². The molecule has 198 valence electrons. The van der Waals surface area contributed by atoms with E-state index in [1.54, 1.807) is 5.56 Å². The van der Waals surface area contributed by atoms with E-state index in [1.807, 2.05) is 0 Å². The van der Waals surface area contributed by atoms with Crippen molar-refractivity contribution in [1.29, 1.82) is 0 Å². The van der Waals surface area contributed by atoms with Gasteiger partial charge < -0.3 is 4.90 Å². The SMILES string of the molecule is C=C(/C=C/C=C1/N(CCCC)c2ccccc2C12CCCCC2)C(C)(CC)c1c(C)ccc2ccccc12. The Bertz CT molecular complexity index is 1370. The van der Waals surface area contributed by atoms with Crippen molar-refractivity contribution in [3.63, 3.8) is 0 Å². The summed E-state index contributed by atoms with van der Waals surface area (Å²) >= 11 is 0. The zero-order valence-corrected chi connectivity index (χ0v) is 24.0. The molecule has 1 nitrogen and oxygen atoms in total. The molecule has 3 aromatic carbocycles. The van der Waals surface area contributed by atoms with E-state index in [-0.39, 0.29) is 10.8 Å². The van der Waals surface area contributed by atoms with Crippen LogP contribution >= 0.6 is 0 Å². The molecule has 0 saturated heterocycles. The quantitative estimate of drug-likeness (QED) is 0.276. The Morgan fingerprint density at radius 1 is 0.974 bits per heavy atom. The van der Waals surface area contributed by atoms with Gasteiger partial charge in [-0.05, 0) is 77.8 Å². The first kappa shape index (κ1) is 26.5. The number of aryl methyl sites for hydroxylation is 1. The standard InChI is InChI=1S/C37H45N/c1-6-8-27-38-33-21-13-12-20-32(33)37(25-14-9-15-26-37)34(38)22-16-17-29(4)36(5,7-2)35-28(3)23-24-30-18-10-11-19-31(30)35/h10-13,16-24H,4,6-9,14-15,25-27H2,1-3,5H3/b17-16+,34-22+. The highest BCUT2D eigenvalue weighted by molar-refractivity contribution is 5.88. The average molecular weight is 504 g/mol. The van der Waals surface area contributed by atoms with E-state index in [0.717, 1.165) is 13.0 Å². The van der Waals surface area contributed by atoms with Gasteiger partial charge in [0.1, 0.15) is 0 Å². The third-order valence-corrected chi connectivity index (χ3v) is 9.59. The van der Waals surface area contributed by atoms with Crippen LogP contribution in [-0.4, -0.2) is 6.54 Å².